The zero-order chi connectivity index (χ0) is 39.6. The average molecular weight is 761 g/mol. The number of anilines is 6. The first-order valence-electron chi connectivity index (χ1n) is 20.6. The average Bonchev–Trinajstić information content (AvgIpc) is 3.27. The fraction of sp³-hybridized carbons (Fsp3) is 0.111. The van der Waals surface area contributed by atoms with Gasteiger partial charge in [0.05, 0.1) is 11.4 Å². The number of benzene rings is 8. The second-order valence-corrected chi connectivity index (χ2v) is 17.3. The Labute approximate surface area is 346 Å². The van der Waals surface area contributed by atoms with E-state index in [-0.39, 0.29) is 17.5 Å². The largest absolute Gasteiger partial charge is 0.458 e. The molecule has 2 bridgehead atoms. The lowest BCUT2D eigenvalue weighted by molar-refractivity contribution is 0.476. The highest BCUT2D eigenvalue weighted by atomic mass is 16.5. The van der Waals surface area contributed by atoms with Gasteiger partial charge in [0, 0.05) is 33.6 Å². The third-order valence-electron chi connectivity index (χ3n) is 13.3. The number of rotatable bonds is 2. The number of fused-ring (bicyclic) bond motifs is 10. The molecule has 59 heavy (non-hydrogen) atoms. The Hall–Kier alpha value is -6.98. The van der Waals surface area contributed by atoms with Crippen molar-refractivity contribution in [1.82, 2.24) is 0 Å². The molecule has 4 nitrogen and oxygen atoms in total. The number of nitrogens with zero attached hydrogens (tertiary/aromatic N) is 2. The first-order valence-corrected chi connectivity index (χ1v) is 20.6. The fourth-order valence-corrected chi connectivity index (χ4v) is 10.5. The quantitative estimate of drug-likeness (QED) is 0.164. The maximum Gasteiger partial charge on any atom is 0.256 e. The van der Waals surface area contributed by atoms with Crippen LogP contribution in [0.4, 0.5) is 34.1 Å². The van der Waals surface area contributed by atoms with Crippen molar-refractivity contribution >= 4 is 57.2 Å². The van der Waals surface area contributed by atoms with Crippen LogP contribution in [-0.2, 0) is 10.8 Å². The number of hydrogen-bond donors (Lipinski definition) is 0. The minimum absolute atomic E-state index is 0.0799. The van der Waals surface area contributed by atoms with Crippen molar-refractivity contribution in [3.63, 3.8) is 0 Å². The Kier molecular flexibility index (Phi) is 7.09. The molecule has 0 spiro atoms. The van der Waals surface area contributed by atoms with Gasteiger partial charge in [0.15, 0.2) is 11.5 Å². The van der Waals surface area contributed by atoms with Gasteiger partial charge in [-0.05, 0) is 116 Å². The molecule has 3 heterocycles. The molecule has 8 aromatic carbocycles. The predicted octanol–water partition coefficient (Wildman–Crippen LogP) is 12.3. The van der Waals surface area contributed by atoms with Crippen molar-refractivity contribution < 1.29 is 9.47 Å². The highest BCUT2D eigenvalue weighted by molar-refractivity contribution is 6.99. The van der Waals surface area contributed by atoms with E-state index in [9.17, 15) is 0 Å². The van der Waals surface area contributed by atoms with E-state index in [1.54, 1.807) is 0 Å². The zero-order valence-electron chi connectivity index (χ0n) is 33.5. The molecule has 4 aliphatic rings. The first kappa shape index (κ1) is 34.1. The van der Waals surface area contributed by atoms with Gasteiger partial charge in [0.2, 0.25) is 0 Å². The number of para-hydroxylation sites is 5. The summed E-state index contributed by atoms with van der Waals surface area (Å²) < 4.78 is 14.3. The number of ether oxygens (including phenoxy) is 2. The molecular weight excluding hydrogens is 719 g/mol. The summed E-state index contributed by atoms with van der Waals surface area (Å²) in [6.45, 7) is 9.42. The summed E-state index contributed by atoms with van der Waals surface area (Å²) >= 11 is 0. The van der Waals surface area contributed by atoms with E-state index in [0.29, 0.717) is 0 Å². The van der Waals surface area contributed by atoms with E-state index in [4.69, 9.17) is 9.47 Å². The molecule has 1 aliphatic carbocycles. The minimum atomic E-state index is -0.207. The smallest absolute Gasteiger partial charge is 0.256 e. The van der Waals surface area contributed by atoms with Crippen molar-refractivity contribution in [1.29, 1.82) is 0 Å². The van der Waals surface area contributed by atoms with Crippen LogP contribution in [0.5, 0.6) is 23.0 Å². The van der Waals surface area contributed by atoms with Crippen LogP contribution in [0.2, 0.25) is 0 Å². The fourth-order valence-electron chi connectivity index (χ4n) is 10.5. The topological polar surface area (TPSA) is 24.9 Å². The predicted molar refractivity (Wildman–Crippen MR) is 243 cm³/mol. The Morgan fingerprint density at radius 3 is 1.64 bits per heavy atom. The molecular formula is C54H41BN2O2. The lowest BCUT2D eigenvalue weighted by atomic mass is 9.33. The van der Waals surface area contributed by atoms with Gasteiger partial charge in [-0.15, -0.1) is 0 Å². The molecule has 282 valence electrons. The second-order valence-electron chi connectivity index (χ2n) is 17.3. The van der Waals surface area contributed by atoms with Gasteiger partial charge in [-0.3, -0.25) is 0 Å². The Balaban J connectivity index is 1.18. The Bertz CT molecular complexity index is 3030. The van der Waals surface area contributed by atoms with Crippen molar-refractivity contribution in [2.24, 2.45) is 0 Å². The van der Waals surface area contributed by atoms with Gasteiger partial charge in [-0.25, -0.2) is 0 Å². The summed E-state index contributed by atoms with van der Waals surface area (Å²) in [5.41, 5.74) is 17.1. The first-order chi connectivity index (χ1) is 28.8. The number of hydrogen-bond acceptors (Lipinski definition) is 4. The monoisotopic (exact) mass is 760 g/mol. The molecule has 0 radical (unpaired) electrons. The zero-order valence-corrected chi connectivity index (χ0v) is 33.5. The van der Waals surface area contributed by atoms with E-state index < -0.39 is 0 Å². The maximum atomic E-state index is 7.27. The van der Waals surface area contributed by atoms with Crippen molar-refractivity contribution in [3.8, 4) is 34.1 Å². The molecule has 0 aromatic heterocycles. The molecule has 0 fully saturated rings. The minimum Gasteiger partial charge on any atom is -0.458 e. The molecule has 3 aliphatic heterocycles. The molecule has 0 N–H and O–H groups in total. The summed E-state index contributed by atoms with van der Waals surface area (Å²) in [5, 5.41) is 0. The van der Waals surface area contributed by atoms with Gasteiger partial charge < -0.3 is 19.3 Å². The van der Waals surface area contributed by atoms with Crippen molar-refractivity contribution in [3.05, 3.63) is 198 Å². The van der Waals surface area contributed by atoms with Gasteiger partial charge >= 0.3 is 0 Å². The third-order valence-corrected chi connectivity index (χ3v) is 13.3. The second kappa shape index (κ2) is 12.3. The maximum absolute atomic E-state index is 7.27. The van der Waals surface area contributed by atoms with Crippen LogP contribution in [0.3, 0.4) is 0 Å². The summed E-state index contributed by atoms with van der Waals surface area (Å²) in [7, 11) is 0. The Morgan fingerprint density at radius 2 is 0.949 bits per heavy atom. The Morgan fingerprint density at radius 1 is 0.373 bits per heavy atom. The lowest BCUT2D eigenvalue weighted by Crippen LogP contribution is -2.60. The van der Waals surface area contributed by atoms with Crippen LogP contribution < -0.4 is 35.7 Å². The van der Waals surface area contributed by atoms with Gasteiger partial charge in [-0.2, -0.15) is 0 Å². The molecule has 0 atom stereocenters. The molecule has 12 rings (SSSR count). The molecule has 0 amide bonds. The highest BCUT2D eigenvalue weighted by Gasteiger charge is 2.47. The van der Waals surface area contributed by atoms with Crippen LogP contribution in [0.25, 0.3) is 11.1 Å². The van der Waals surface area contributed by atoms with Crippen LogP contribution in [0.1, 0.15) is 49.9 Å². The normalized spacial score (nSPS) is 15.6. The van der Waals surface area contributed by atoms with Gasteiger partial charge in [0.25, 0.3) is 6.71 Å². The summed E-state index contributed by atoms with van der Waals surface area (Å²) in [5.74, 6) is 3.36. The van der Waals surface area contributed by atoms with E-state index in [2.05, 4.69) is 207 Å². The summed E-state index contributed by atoms with van der Waals surface area (Å²) in [6.07, 6.45) is 0. The molecule has 0 saturated carbocycles. The molecule has 0 unspecified atom stereocenters. The van der Waals surface area contributed by atoms with Crippen LogP contribution >= 0.6 is 0 Å². The van der Waals surface area contributed by atoms with Gasteiger partial charge in [-0.1, -0.05) is 137 Å². The standard InChI is InChI=1S/C54H41BN2O2/c1-53(2)38-21-11-12-22-39(38)54(3,4)41-33-50-43(32-40(41)53)55-42-28-27-37-31-46(42)57(47-29-35(30-51(59-50)52(47)55)34-17-7-5-8-18-34)45-24-14-16-26-49(45)58-48-25-15-13-23-44(48)56(37)36-19-9-6-10-20-36/h5-33H,1-4H3. The van der Waals surface area contributed by atoms with Gasteiger partial charge in [0.1, 0.15) is 11.5 Å². The summed E-state index contributed by atoms with van der Waals surface area (Å²) in [4.78, 5) is 4.74. The van der Waals surface area contributed by atoms with Crippen molar-refractivity contribution in [2.45, 2.75) is 38.5 Å². The third kappa shape index (κ3) is 4.85. The SMILES string of the molecule is CC1(C)c2ccccc2C(C)(C)c2cc3c(cc21)Oc1cc(-c2ccccc2)cc2c1B3c1ccc3cc1N2c1ccccc1Oc1ccccc1N3c1ccccc1. The van der Waals surface area contributed by atoms with Crippen molar-refractivity contribution in [2.75, 3.05) is 9.80 Å². The van der Waals surface area contributed by atoms with Crippen LogP contribution in [0, 0.1) is 0 Å². The summed E-state index contributed by atoms with van der Waals surface area (Å²) in [6, 6.07) is 63.6. The highest BCUT2D eigenvalue weighted by Crippen LogP contribution is 2.53. The van der Waals surface area contributed by atoms with E-state index >= 15 is 0 Å². The van der Waals surface area contributed by atoms with E-state index in [1.807, 2.05) is 6.07 Å². The van der Waals surface area contributed by atoms with E-state index in [1.165, 1.54) is 33.2 Å². The molecule has 0 saturated heterocycles. The van der Waals surface area contributed by atoms with Crippen LogP contribution in [-0.4, -0.2) is 6.71 Å². The lowest BCUT2D eigenvalue weighted by Gasteiger charge is -2.46. The molecule has 5 heteroatoms. The molecule has 8 aromatic rings. The van der Waals surface area contributed by atoms with E-state index in [0.717, 1.165) is 73.7 Å². The van der Waals surface area contributed by atoms with Crippen LogP contribution in [0.15, 0.2) is 176 Å².